The molecule has 28 heavy (non-hydrogen) atoms. The number of likely N-dealkylation sites (N-methyl/N-ethyl adjacent to an activating group) is 1. The molecule has 1 heterocycles. The fourth-order valence-corrected chi connectivity index (χ4v) is 3.97. The summed E-state index contributed by atoms with van der Waals surface area (Å²) in [4.78, 5) is 14.6. The minimum Gasteiger partial charge on any atom is -0.486 e. The molecule has 2 aliphatic rings. The minimum absolute atomic E-state index is 0.0372. The van der Waals surface area contributed by atoms with Crippen molar-refractivity contribution in [2.24, 2.45) is 0 Å². The van der Waals surface area contributed by atoms with Gasteiger partial charge in [-0.15, -0.1) is 0 Å². The van der Waals surface area contributed by atoms with Gasteiger partial charge in [0.1, 0.15) is 6.61 Å². The molecule has 1 aliphatic carbocycles. The minimum atomic E-state index is -0.160. The van der Waals surface area contributed by atoms with Gasteiger partial charge in [0.15, 0.2) is 17.6 Å². The van der Waals surface area contributed by atoms with Crippen LogP contribution in [0.25, 0.3) is 0 Å². The molecule has 0 saturated heterocycles. The second-order valence-electron chi connectivity index (χ2n) is 7.79. The zero-order valence-electron chi connectivity index (χ0n) is 16.6. The van der Waals surface area contributed by atoms with Gasteiger partial charge in [0, 0.05) is 18.5 Å². The molecule has 4 rings (SSSR count). The number of urea groups is 1. The van der Waals surface area contributed by atoms with Crippen molar-refractivity contribution >= 4 is 6.03 Å². The summed E-state index contributed by atoms with van der Waals surface area (Å²) in [7, 11) is 0. The fourth-order valence-electron chi connectivity index (χ4n) is 3.97. The predicted octanol–water partition coefficient (Wildman–Crippen LogP) is 3.90. The molecular weight excluding hydrogens is 352 g/mol. The number of amides is 2. The van der Waals surface area contributed by atoms with Crippen molar-refractivity contribution in [1.29, 1.82) is 0 Å². The van der Waals surface area contributed by atoms with Crippen LogP contribution in [0.2, 0.25) is 0 Å². The molecule has 0 spiro atoms. The van der Waals surface area contributed by atoms with Crippen LogP contribution in [-0.2, 0) is 5.41 Å². The number of ether oxygens (including phenoxy) is 2. The smallest absolute Gasteiger partial charge is 0.317 e. The number of hydrogen-bond acceptors (Lipinski definition) is 3. The van der Waals surface area contributed by atoms with Gasteiger partial charge in [-0.2, -0.15) is 0 Å². The average molecular weight is 380 g/mol. The molecule has 2 amide bonds. The summed E-state index contributed by atoms with van der Waals surface area (Å²) >= 11 is 0. The van der Waals surface area contributed by atoms with Crippen LogP contribution in [0.4, 0.5) is 4.79 Å². The number of fused-ring (bicyclic) bond motifs is 1. The number of aryl methyl sites for hydroxylation is 1. The number of hydrogen-bond donors (Lipinski definition) is 1. The lowest BCUT2D eigenvalue weighted by Crippen LogP contribution is -2.48. The molecule has 1 N–H and O–H groups in total. The van der Waals surface area contributed by atoms with E-state index in [4.69, 9.17) is 9.47 Å². The second kappa shape index (κ2) is 7.74. The quantitative estimate of drug-likeness (QED) is 0.827. The number of nitrogens with zero attached hydrogens (tertiary/aromatic N) is 1. The van der Waals surface area contributed by atoms with Crippen LogP contribution >= 0.6 is 0 Å². The Hall–Kier alpha value is -2.69. The van der Waals surface area contributed by atoms with E-state index < -0.39 is 0 Å². The highest BCUT2D eigenvalue weighted by atomic mass is 16.6. The van der Waals surface area contributed by atoms with Gasteiger partial charge in [0.05, 0.1) is 6.54 Å². The monoisotopic (exact) mass is 380 g/mol. The molecule has 1 atom stereocenters. The van der Waals surface area contributed by atoms with Crippen LogP contribution in [-0.4, -0.2) is 43.3 Å². The van der Waals surface area contributed by atoms with Crippen molar-refractivity contribution in [3.63, 3.8) is 0 Å². The topological polar surface area (TPSA) is 50.8 Å². The van der Waals surface area contributed by atoms with Gasteiger partial charge < -0.3 is 19.7 Å². The van der Waals surface area contributed by atoms with E-state index in [0.717, 1.165) is 24.3 Å². The third kappa shape index (κ3) is 3.79. The predicted molar refractivity (Wildman–Crippen MR) is 109 cm³/mol. The summed E-state index contributed by atoms with van der Waals surface area (Å²) < 4.78 is 11.8. The van der Waals surface area contributed by atoms with Crippen molar-refractivity contribution < 1.29 is 14.3 Å². The highest BCUT2D eigenvalue weighted by Crippen LogP contribution is 2.48. The molecule has 1 fully saturated rings. The Morgan fingerprint density at radius 2 is 1.86 bits per heavy atom. The van der Waals surface area contributed by atoms with Gasteiger partial charge in [0.25, 0.3) is 0 Å². The number of benzene rings is 2. The van der Waals surface area contributed by atoms with E-state index in [-0.39, 0.29) is 17.6 Å². The Balaban J connectivity index is 1.34. The first-order valence-corrected chi connectivity index (χ1v) is 10.1. The summed E-state index contributed by atoms with van der Waals surface area (Å²) in [5.41, 5.74) is 2.76. The van der Waals surface area contributed by atoms with Crippen LogP contribution < -0.4 is 14.8 Å². The Kier molecular flexibility index (Phi) is 5.16. The van der Waals surface area contributed by atoms with E-state index in [0.29, 0.717) is 26.2 Å². The molecular formula is C23H28N2O3. The molecule has 2 aromatic carbocycles. The van der Waals surface area contributed by atoms with E-state index in [1.807, 2.05) is 31.2 Å². The summed E-state index contributed by atoms with van der Waals surface area (Å²) in [6.45, 7) is 6.41. The Morgan fingerprint density at radius 1 is 1.14 bits per heavy atom. The number of nitrogens with one attached hydrogen (secondary N) is 1. The maximum atomic E-state index is 12.8. The highest BCUT2D eigenvalue weighted by Gasteiger charge is 2.45. The highest BCUT2D eigenvalue weighted by molar-refractivity contribution is 5.74. The summed E-state index contributed by atoms with van der Waals surface area (Å²) in [5.74, 6) is 1.51. The Bertz CT molecular complexity index is 847. The van der Waals surface area contributed by atoms with Crippen LogP contribution in [0.3, 0.4) is 0 Å². The summed E-state index contributed by atoms with van der Waals surface area (Å²) in [6.07, 6.45) is 2.09. The van der Waals surface area contributed by atoms with Crippen molar-refractivity contribution in [3.05, 3.63) is 59.7 Å². The van der Waals surface area contributed by atoms with Gasteiger partial charge in [-0.3, -0.25) is 0 Å². The normalized spacial score (nSPS) is 19.0. The number of para-hydroxylation sites is 2. The van der Waals surface area contributed by atoms with Crippen LogP contribution in [0.5, 0.6) is 11.5 Å². The summed E-state index contributed by atoms with van der Waals surface area (Å²) in [6, 6.07) is 16.1. The zero-order chi connectivity index (χ0) is 19.6. The second-order valence-corrected chi connectivity index (χ2v) is 7.79. The summed E-state index contributed by atoms with van der Waals surface area (Å²) in [5, 5.41) is 3.16. The van der Waals surface area contributed by atoms with E-state index in [9.17, 15) is 4.79 Å². The average Bonchev–Trinajstić information content (AvgIpc) is 3.51. The number of rotatable bonds is 6. The standard InChI is InChI=1S/C23H28N2O3/c1-3-25(14-18-15-27-20-10-6-7-11-21(20)28-18)22(26)24-16-23(12-13-23)19-9-5-4-8-17(19)2/h4-11,18H,3,12-16H2,1-2H3,(H,24,26). The van der Waals surface area contributed by atoms with Crippen molar-refractivity contribution in [1.82, 2.24) is 10.2 Å². The van der Waals surface area contributed by atoms with E-state index in [2.05, 4.69) is 36.5 Å². The molecule has 148 valence electrons. The first-order valence-electron chi connectivity index (χ1n) is 10.1. The van der Waals surface area contributed by atoms with Gasteiger partial charge in [-0.25, -0.2) is 4.79 Å². The van der Waals surface area contributed by atoms with Crippen LogP contribution in [0.1, 0.15) is 30.9 Å². The van der Waals surface area contributed by atoms with Gasteiger partial charge in [-0.1, -0.05) is 36.4 Å². The Labute approximate surface area is 166 Å². The molecule has 1 saturated carbocycles. The third-order valence-electron chi connectivity index (χ3n) is 5.81. The van der Waals surface area contributed by atoms with Crippen molar-refractivity contribution in [3.8, 4) is 11.5 Å². The van der Waals surface area contributed by atoms with Crippen molar-refractivity contribution in [2.45, 2.75) is 38.2 Å². The molecule has 0 bridgehead atoms. The third-order valence-corrected chi connectivity index (χ3v) is 5.81. The van der Waals surface area contributed by atoms with E-state index in [1.165, 1.54) is 11.1 Å². The molecule has 2 aromatic rings. The van der Waals surface area contributed by atoms with E-state index in [1.54, 1.807) is 4.90 Å². The van der Waals surface area contributed by atoms with Gasteiger partial charge in [0.2, 0.25) is 0 Å². The maximum absolute atomic E-state index is 12.8. The molecule has 5 nitrogen and oxygen atoms in total. The molecule has 0 aromatic heterocycles. The largest absolute Gasteiger partial charge is 0.486 e. The molecule has 5 heteroatoms. The molecule has 0 radical (unpaired) electrons. The lowest BCUT2D eigenvalue weighted by Gasteiger charge is -2.31. The number of carbonyl (C=O) groups is 1. The molecule has 1 aliphatic heterocycles. The first kappa shape index (κ1) is 18.7. The van der Waals surface area contributed by atoms with Crippen LogP contribution in [0, 0.1) is 6.92 Å². The molecule has 1 unspecified atom stereocenters. The van der Waals surface area contributed by atoms with E-state index >= 15 is 0 Å². The lowest BCUT2D eigenvalue weighted by atomic mass is 9.92. The number of carbonyl (C=O) groups excluding carboxylic acids is 1. The zero-order valence-corrected chi connectivity index (χ0v) is 16.6. The van der Waals surface area contributed by atoms with Crippen molar-refractivity contribution in [2.75, 3.05) is 26.2 Å². The SMILES string of the molecule is CCN(CC1COc2ccccc2O1)C(=O)NCC1(c2ccccc2C)CC1. The first-order chi connectivity index (χ1) is 13.6. The fraction of sp³-hybridized carbons (Fsp3) is 0.435. The van der Waals surface area contributed by atoms with Gasteiger partial charge in [-0.05, 0) is 49.9 Å². The van der Waals surface area contributed by atoms with Gasteiger partial charge >= 0.3 is 6.03 Å². The van der Waals surface area contributed by atoms with Crippen LogP contribution in [0.15, 0.2) is 48.5 Å². The Morgan fingerprint density at radius 3 is 2.57 bits per heavy atom. The maximum Gasteiger partial charge on any atom is 0.317 e. The lowest BCUT2D eigenvalue weighted by molar-refractivity contribution is 0.0675.